The fraction of sp³-hybridized carbons (Fsp3) is 0.194. The number of nitrogens with zero attached hydrogens (tertiary/aromatic N) is 3. The quantitative estimate of drug-likeness (QED) is 0.238. The van der Waals surface area contributed by atoms with Crippen LogP contribution in [-0.2, 0) is 0 Å². The average Bonchev–Trinajstić information content (AvgIpc) is 3.61. The number of halogens is 1. The van der Waals surface area contributed by atoms with Gasteiger partial charge in [0.15, 0.2) is 0 Å². The van der Waals surface area contributed by atoms with E-state index in [2.05, 4.69) is 42.6 Å². The Morgan fingerprint density at radius 3 is 2.55 bits per heavy atom. The lowest BCUT2D eigenvalue weighted by Crippen LogP contribution is -2.34. The Morgan fingerprint density at radius 1 is 0.825 bits per heavy atom. The Balaban J connectivity index is 1.26. The third-order valence-corrected chi connectivity index (χ3v) is 7.38. The van der Waals surface area contributed by atoms with Crippen molar-refractivity contribution in [3.05, 3.63) is 79.0 Å². The summed E-state index contributed by atoms with van der Waals surface area (Å²) in [5.41, 5.74) is 6.70. The van der Waals surface area contributed by atoms with Crippen molar-refractivity contribution in [2.24, 2.45) is 0 Å². The molecule has 0 spiro atoms. The molecular weight excluding hydrogens is 507 g/mol. The molecule has 0 saturated carbocycles. The molecule has 0 radical (unpaired) electrons. The number of ether oxygens (including phenoxy) is 2. The van der Waals surface area contributed by atoms with Crippen molar-refractivity contribution in [1.29, 1.82) is 0 Å². The van der Waals surface area contributed by atoms with E-state index in [1.807, 2.05) is 30.5 Å². The van der Waals surface area contributed by atoms with Crippen molar-refractivity contribution in [3.8, 4) is 45.3 Å². The number of aromatic amines is 2. The zero-order valence-electron chi connectivity index (χ0n) is 21.9. The first-order valence-corrected chi connectivity index (χ1v) is 13.3. The highest BCUT2D eigenvalue weighted by molar-refractivity contribution is 6.00. The normalized spacial score (nSPS) is 14.2. The first-order valence-electron chi connectivity index (χ1n) is 13.3. The smallest absolute Gasteiger partial charge is 0.138 e. The van der Waals surface area contributed by atoms with Gasteiger partial charge in [0.05, 0.1) is 30.2 Å². The summed E-state index contributed by atoms with van der Waals surface area (Å²) in [6.45, 7) is 1.94. The van der Waals surface area contributed by atoms with Crippen LogP contribution in [0.4, 0.5) is 4.39 Å². The lowest BCUT2D eigenvalue weighted by molar-refractivity contribution is 0.162. The molecule has 2 aromatic carbocycles. The van der Waals surface area contributed by atoms with Crippen LogP contribution in [0.3, 0.4) is 0 Å². The van der Waals surface area contributed by atoms with E-state index in [9.17, 15) is 4.39 Å². The number of nitrogens with one attached hydrogen (secondary N) is 3. The molecule has 0 aliphatic carbocycles. The van der Waals surface area contributed by atoms with Gasteiger partial charge in [0, 0.05) is 45.9 Å². The zero-order valence-corrected chi connectivity index (χ0v) is 21.9. The number of H-pyrrole nitrogens is 2. The predicted molar refractivity (Wildman–Crippen MR) is 153 cm³/mol. The van der Waals surface area contributed by atoms with E-state index in [1.54, 1.807) is 18.5 Å². The fourth-order valence-electron chi connectivity index (χ4n) is 5.37. The van der Waals surface area contributed by atoms with Gasteiger partial charge in [0.1, 0.15) is 29.1 Å². The summed E-state index contributed by atoms with van der Waals surface area (Å²) in [7, 11) is 1.52. The molecule has 1 aliphatic rings. The van der Waals surface area contributed by atoms with Crippen LogP contribution in [0.15, 0.2) is 73.2 Å². The predicted octanol–water partition coefficient (Wildman–Crippen LogP) is 6.11. The van der Waals surface area contributed by atoms with E-state index < -0.39 is 0 Å². The van der Waals surface area contributed by atoms with Crippen LogP contribution in [0, 0.1) is 5.82 Å². The minimum Gasteiger partial charge on any atom is -0.497 e. The molecule has 40 heavy (non-hydrogen) atoms. The minimum atomic E-state index is -0.380. The molecule has 8 nitrogen and oxygen atoms in total. The Labute approximate surface area is 229 Å². The highest BCUT2D eigenvalue weighted by atomic mass is 19.1. The molecule has 9 heteroatoms. The zero-order chi connectivity index (χ0) is 27.1. The Hall–Kier alpha value is -4.76. The number of aromatic nitrogens is 5. The van der Waals surface area contributed by atoms with Gasteiger partial charge in [-0.3, -0.25) is 15.1 Å². The van der Waals surface area contributed by atoms with Crippen LogP contribution < -0.4 is 14.8 Å². The number of methoxy groups -OCH3 is 1. The van der Waals surface area contributed by atoms with Crippen molar-refractivity contribution < 1.29 is 13.9 Å². The number of hydrogen-bond acceptors (Lipinski definition) is 6. The van der Waals surface area contributed by atoms with Crippen LogP contribution >= 0.6 is 0 Å². The molecule has 5 heterocycles. The first kappa shape index (κ1) is 24.3. The van der Waals surface area contributed by atoms with E-state index in [-0.39, 0.29) is 11.9 Å². The summed E-state index contributed by atoms with van der Waals surface area (Å²) in [6, 6.07) is 16.7. The highest BCUT2D eigenvalue weighted by Crippen LogP contribution is 2.36. The largest absolute Gasteiger partial charge is 0.497 e. The third kappa shape index (κ3) is 4.54. The van der Waals surface area contributed by atoms with Crippen molar-refractivity contribution >= 4 is 21.8 Å². The molecule has 200 valence electrons. The summed E-state index contributed by atoms with van der Waals surface area (Å²) >= 11 is 0. The monoisotopic (exact) mass is 534 g/mol. The van der Waals surface area contributed by atoms with E-state index in [0.29, 0.717) is 17.0 Å². The molecule has 1 aliphatic heterocycles. The van der Waals surface area contributed by atoms with E-state index >= 15 is 0 Å². The maximum Gasteiger partial charge on any atom is 0.138 e. The van der Waals surface area contributed by atoms with Crippen molar-refractivity contribution in [2.45, 2.75) is 18.9 Å². The molecule has 0 amide bonds. The summed E-state index contributed by atoms with van der Waals surface area (Å²) in [5, 5.41) is 13.0. The summed E-state index contributed by atoms with van der Waals surface area (Å²) in [4.78, 5) is 12.5. The SMILES string of the molecule is COc1cc(F)cc(-c2nccc3[nH]c(-c4n[nH]c5ccc(-c6cncc(OC7CCNCC7)c6)cc45)cc23)c1. The van der Waals surface area contributed by atoms with Gasteiger partial charge in [-0.05, 0) is 74.0 Å². The Morgan fingerprint density at radius 2 is 1.68 bits per heavy atom. The van der Waals surface area contributed by atoms with Gasteiger partial charge in [-0.2, -0.15) is 5.10 Å². The molecule has 0 atom stereocenters. The van der Waals surface area contributed by atoms with Crippen LogP contribution in [0.5, 0.6) is 11.5 Å². The van der Waals surface area contributed by atoms with Crippen LogP contribution in [-0.4, -0.2) is 51.5 Å². The van der Waals surface area contributed by atoms with Gasteiger partial charge in [-0.1, -0.05) is 6.07 Å². The highest BCUT2D eigenvalue weighted by Gasteiger charge is 2.17. The molecule has 0 bridgehead atoms. The molecule has 4 aromatic heterocycles. The van der Waals surface area contributed by atoms with Crippen molar-refractivity contribution in [3.63, 3.8) is 0 Å². The summed E-state index contributed by atoms with van der Waals surface area (Å²) in [6.07, 6.45) is 7.52. The second kappa shape index (κ2) is 10.1. The number of rotatable bonds is 6. The molecule has 1 saturated heterocycles. The number of pyridine rings is 2. The number of benzene rings is 2. The van der Waals surface area contributed by atoms with Crippen LogP contribution in [0.2, 0.25) is 0 Å². The number of hydrogen-bond donors (Lipinski definition) is 3. The number of fused-ring (bicyclic) bond motifs is 2. The van der Waals surface area contributed by atoms with Gasteiger partial charge in [0.2, 0.25) is 0 Å². The molecule has 3 N–H and O–H groups in total. The van der Waals surface area contributed by atoms with Crippen LogP contribution in [0.25, 0.3) is 55.6 Å². The fourth-order valence-corrected chi connectivity index (χ4v) is 5.37. The molecular formula is C31H27FN6O2. The van der Waals surface area contributed by atoms with E-state index in [4.69, 9.17) is 9.47 Å². The second-order valence-corrected chi connectivity index (χ2v) is 9.99. The maximum absolute atomic E-state index is 14.3. The maximum atomic E-state index is 14.3. The topological polar surface area (TPSA) is 101 Å². The first-order chi connectivity index (χ1) is 19.6. The lowest BCUT2D eigenvalue weighted by atomic mass is 10.0. The molecule has 6 aromatic rings. The third-order valence-electron chi connectivity index (χ3n) is 7.38. The second-order valence-electron chi connectivity index (χ2n) is 9.99. The van der Waals surface area contributed by atoms with Gasteiger partial charge >= 0.3 is 0 Å². The lowest BCUT2D eigenvalue weighted by Gasteiger charge is -2.23. The molecule has 7 rings (SSSR count). The van der Waals surface area contributed by atoms with E-state index in [1.165, 1.54) is 19.2 Å². The minimum absolute atomic E-state index is 0.205. The van der Waals surface area contributed by atoms with Crippen LogP contribution in [0.1, 0.15) is 12.8 Å². The van der Waals surface area contributed by atoms with Crippen molar-refractivity contribution in [2.75, 3.05) is 20.2 Å². The van der Waals surface area contributed by atoms with Gasteiger partial charge in [-0.15, -0.1) is 0 Å². The number of piperidine rings is 1. The van der Waals surface area contributed by atoms with Gasteiger partial charge < -0.3 is 19.8 Å². The Kier molecular flexibility index (Phi) is 6.13. The summed E-state index contributed by atoms with van der Waals surface area (Å²) in [5.74, 6) is 0.839. The standard InChI is InChI=1S/C31H27FN6O2/c1-39-23-11-19(10-21(32)14-23)30-26-15-29(36-27(26)6-9-35-30)31-25-13-18(2-3-28(25)37-38-31)20-12-24(17-34-16-20)40-22-4-7-33-8-5-22/h2-3,6,9-17,22,33,36H,4-5,7-8H2,1H3,(H,37,38). The average molecular weight is 535 g/mol. The van der Waals surface area contributed by atoms with E-state index in [0.717, 1.165) is 76.0 Å². The molecule has 0 unspecified atom stereocenters. The van der Waals surface area contributed by atoms with Gasteiger partial charge in [0.25, 0.3) is 0 Å². The summed E-state index contributed by atoms with van der Waals surface area (Å²) < 4.78 is 25.8. The van der Waals surface area contributed by atoms with Gasteiger partial charge in [-0.25, -0.2) is 4.39 Å². The Bertz CT molecular complexity index is 1840. The van der Waals surface area contributed by atoms with Crippen molar-refractivity contribution in [1.82, 2.24) is 30.5 Å². The molecule has 1 fully saturated rings.